The predicted molar refractivity (Wildman–Crippen MR) is 68.5 cm³/mol. The van der Waals surface area contributed by atoms with E-state index in [1.165, 1.54) is 0 Å². The van der Waals surface area contributed by atoms with Gasteiger partial charge in [0.2, 0.25) is 0 Å². The smallest absolute Gasteiger partial charge is 0.105 e. The number of hydrogen-bond acceptors (Lipinski definition) is 3. The topological polar surface area (TPSA) is 49.0 Å². The van der Waals surface area contributed by atoms with E-state index in [1.807, 2.05) is 26.0 Å². The van der Waals surface area contributed by atoms with Gasteiger partial charge in [-0.15, -0.1) is 0 Å². The van der Waals surface area contributed by atoms with Gasteiger partial charge in [0, 0.05) is 12.5 Å². The predicted octanol–water partition coefficient (Wildman–Crippen LogP) is 3.13. The third kappa shape index (κ3) is 5.55. The quantitative estimate of drug-likeness (QED) is 0.737. The molecule has 1 unspecified atom stereocenters. The Morgan fingerprint density at radius 1 is 1.53 bits per heavy atom. The number of nitrogens with zero attached hydrogens (tertiary/aromatic N) is 1. The van der Waals surface area contributed by atoms with Gasteiger partial charge in [-0.3, -0.25) is 0 Å². The first kappa shape index (κ1) is 13.8. The van der Waals surface area contributed by atoms with E-state index in [1.54, 1.807) is 6.26 Å². The molecule has 0 fully saturated rings. The van der Waals surface area contributed by atoms with Crippen LogP contribution in [-0.2, 0) is 6.42 Å². The molecule has 3 heteroatoms. The summed E-state index contributed by atoms with van der Waals surface area (Å²) in [5.41, 5.74) is -0.202. The Balaban J connectivity index is 2.13. The monoisotopic (exact) mass is 234 g/mol. The minimum absolute atomic E-state index is 0.202. The lowest BCUT2D eigenvalue weighted by Gasteiger charge is -2.16. The van der Waals surface area contributed by atoms with Crippen molar-refractivity contribution in [3.8, 4) is 6.07 Å². The average molecular weight is 234 g/mol. The molecule has 1 N–H and O–H groups in total. The molecule has 0 bridgehead atoms. The molecule has 0 aromatic carbocycles. The van der Waals surface area contributed by atoms with Crippen molar-refractivity contribution in [2.45, 2.75) is 46.1 Å². The summed E-state index contributed by atoms with van der Waals surface area (Å²) in [6.45, 7) is 7.07. The van der Waals surface area contributed by atoms with Crippen LogP contribution in [-0.4, -0.2) is 12.6 Å². The highest BCUT2D eigenvalue weighted by molar-refractivity contribution is 4.99. The Bertz CT molecular complexity index is 349. The van der Waals surface area contributed by atoms with E-state index in [9.17, 15) is 0 Å². The maximum atomic E-state index is 8.89. The third-order valence-electron chi connectivity index (χ3n) is 2.86. The summed E-state index contributed by atoms with van der Waals surface area (Å²) in [5, 5.41) is 12.3. The Morgan fingerprint density at radius 2 is 2.29 bits per heavy atom. The van der Waals surface area contributed by atoms with Crippen LogP contribution in [0.1, 0.15) is 39.4 Å². The molecule has 94 valence electrons. The number of rotatable bonds is 7. The Hall–Kier alpha value is -1.27. The number of furan rings is 1. The van der Waals surface area contributed by atoms with E-state index in [2.05, 4.69) is 18.3 Å². The second-order valence-corrected chi connectivity index (χ2v) is 5.24. The highest BCUT2D eigenvalue weighted by atomic mass is 16.3. The van der Waals surface area contributed by atoms with Crippen LogP contribution in [0.2, 0.25) is 0 Å². The maximum Gasteiger partial charge on any atom is 0.105 e. The second-order valence-electron chi connectivity index (χ2n) is 5.24. The zero-order valence-corrected chi connectivity index (χ0v) is 11.0. The van der Waals surface area contributed by atoms with Gasteiger partial charge in [-0.05, 0) is 52.3 Å². The molecular weight excluding hydrogens is 212 g/mol. The van der Waals surface area contributed by atoms with Gasteiger partial charge in [-0.2, -0.15) is 5.26 Å². The van der Waals surface area contributed by atoms with Crippen molar-refractivity contribution in [1.82, 2.24) is 5.32 Å². The fourth-order valence-corrected chi connectivity index (χ4v) is 1.74. The Labute approximate surface area is 104 Å². The molecule has 0 spiro atoms. The average Bonchev–Trinajstić information content (AvgIpc) is 2.77. The molecule has 0 saturated heterocycles. The largest absolute Gasteiger partial charge is 0.469 e. The molecule has 0 aliphatic carbocycles. The minimum atomic E-state index is -0.202. The lowest BCUT2D eigenvalue weighted by atomic mass is 9.90. The molecule has 1 atom stereocenters. The van der Waals surface area contributed by atoms with Gasteiger partial charge in [0.25, 0.3) is 0 Å². The van der Waals surface area contributed by atoms with Crippen molar-refractivity contribution in [1.29, 1.82) is 5.26 Å². The number of hydrogen-bond donors (Lipinski definition) is 1. The normalized spacial score (nSPS) is 13.3. The summed E-state index contributed by atoms with van der Waals surface area (Å²) in [7, 11) is 0. The standard InChI is InChI=1S/C14H22N2O/c1-12(10-13-6-4-9-17-13)16-8-5-7-14(2,3)11-15/h4,6,9,12,16H,5,7-8,10H2,1-3H3. The summed E-state index contributed by atoms with van der Waals surface area (Å²) in [4.78, 5) is 0. The molecule has 0 saturated carbocycles. The zero-order valence-electron chi connectivity index (χ0n) is 11.0. The number of nitrogens with one attached hydrogen (secondary N) is 1. The molecule has 1 aromatic rings. The van der Waals surface area contributed by atoms with Crippen molar-refractivity contribution < 1.29 is 4.42 Å². The van der Waals surface area contributed by atoms with E-state index in [0.29, 0.717) is 6.04 Å². The fourth-order valence-electron chi connectivity index (χ4n) is 1.74. The lowest BCUT2D eigenvalue weighted by Crippen LogP contribution is -2.29. The van der Waals surface area contributed by atoms with Gasteiger partial charge in [-0.1, -0.05) is 0 Å². The first-order chi connectivity index (χ1) is 8.03. The van der Waals surface area contributed by atoms with E-state index >= 15 is 0 Å². The van der Waals surface area contributed by atoms with E-state index < -0.39 is 0 Å². The van der Waals surface area contributed by atoms with Crippen LogP contribution in [0.25, 0.3) is 0 Å². The molecule has 0 amide bonds. The first-order valence-electron chi connectivity index (χ1n) is 6.20. The van der Waals surface area contributed by atoms with Gasteiger partial charge in [-0.25, -0.2) is 0 Å². The Morgan fingerprint density at radius 3 is 2.88 bits per heavy atom. The molecule has 0 aliphatic rings. The summed E-state index contributed by atoms with van der Waals surface area (Å²) in [6, 6.07) is 6.64. The summed E-state index contributed by atoms with van der Waals surface area (Å²) in [5.74, 6) is 1.02. The van der Waals surface area contributed by atoms with Crippen LogP contribution >= 0.6 is 0 Å². The molecule has 1 aromatic heterocycles. The SMILES string of the molecule is CC(Cc1ccco1)NCCCC(C)(C)C#N. The lowest BCUT2D eigenvalue weighted by molar-refractivity contribution is 0.406. The summed E-state index contributed by atoms with van der Waals surface area (Å²) in [6.07, 6.45) is 4.58. The van der Waals surface area contributed by atoms with Gasteiger partial charge in [0.15, 0.2) is 0 Å². The first-order valence-corrected chi connectivity index (χ1v) is 6.20. The van der Waals surface area contributed by atoms with E-state index in [4.69, 9.17) is 9.68 Å². The fraction of sp³-hybridized carbons (Fsp3) is 0.643. The molecule has 1 heterocycles. The van der Waals surface area contributed by atoms with Crippen LogP contribution in [0.3, 0.4) is 0 Å². The Kier molecular flexibility index (Phi) is 5.24. The van der Waals surface area contributed by atoms with Crippen molar-refractivity contribution in [2.75, 3.05) is 6.54 Å². The van der Waals surface area contributed by atoms with E-state index in [0.717, 1.165) is 31.6 Å². The van der Waals surface area contributed by atoms with Crippen LogP contribution in [0.5, 0.6) is 0 Å². The van der Waals surface area contributed by atoms with Gasteiger partial charge >= 0.3 is 0 Å². The molecule has 0 radical (unpaired) electrons. The minimum Gasteiger partial charge on any atom is -0.469 e. The molecule has 1 rings (SSSR count). The maximum absolute atomic E-state index is 8.89. The van der Waals surface area contributed by atoms with Crippen LogP contribution < -0.4 is 5.32 Å². The highest BCUT2D eigenvalue weighted by Crippen LogP contribution is 2.19. The van der Waals surface area contributed by atoms with Gasteiger partial charge in [0.1, 0.15) is 5.76 Å². The van der Waals surface area contributed by atoms with Crippen molar-refractivity contribution in [3.63, 3.8) is 0 Å². The van der Waals surface area contributed by atoms with Crippen LogP contribution in [0.4, 0.5) is 0 Å². The van der Waals surface area contributed by atoms with E-state index in [-0.39, 0.29) is 5.41 Å². The number of nitriles is 1. The molecular formula is C14H22N2O. The van der Waals surface area contributed by atoms with Gasteiger partial charge in [0.05, 0.1) is 17.7 Å². The zero-order chi connectivity index (χ0) is 12.7. The summed E-state index contributed by atoms with van der Waals surface area (Å²) >= 11 is 0. The van der Waals surface area contributed by atoms with Crippen molar-refractivity contribution in [3.05, 3.63) is 24.2 Å². The van der Waals surface area contributed by atoms with Crippen molar-refractivity contribution >= 4 is 0 Å². The van der Waals surface area contributed by atoms with Crippen LogP contribution in [0.15, 0.2) is 22.8 Å². The van der Waals surface area contributed by atoms with Gasteiger partial charge < -0.3 is 9.73 Å². The van der Waals surface area contributed by atoms with Crippen LogP contribution in [0, 0.1) is 16.7 Å². The second kappa shape index (κ2) is 6.46. The molecule has 17 heavy (non-hydrogen) atoms. The molecule has 0 aliphatic heterocycles. The van der Waals surface area contributed by atoms with Crippen molar-refractivity contribution in [2.24, 2.45) is 5.41 Å². The third-order valence-corrected chi connectivity index (χ3v) is 2.86. The highest BCUT2D eigenvalue weighted by Gasteiger charge is 2.15. The summed E-state index contributed by atoms with van der Waals surface area (Å²) < 4.78 is 5.30. The molecule has 3 nitrogen and oxygen atoms in total.